The average molecular weight is 609 g/mol. The van der Waals surface area contributed by atoms with Crippen LogP contribution in [0.5, 0.6) is 0 Å². The molecule has 0 aliphatic carbocycles. The standard InChI is InChI=1S/C22H24ClF2N4O8PS/c1-29(21(31)26-9-12-3-2-4-16(25)19(12)23)14(8-15(30)11-37-38(33,34)35)10-36-22(32)28-20-27-17-6-5-13(24)7-18(17)39-20/h2-7,14-15,30H,8-11H2,1H3,(H,26,31)(H,27,28,32)(H2,33,34,35)/t14-,15-/m0/s1. The molecule has 1 heterocycles. The van der Waals surface area contributed by atoms with Crippen molar-refractivity contribution in [2.24, 2.45) is 0 Å². The van der Waals surface area contributed by atoms with Gasteiger partial charge in [0, 0.05) is 13.6 Å². The molecule has 2 atom stereocenters. The average Bonchev–Trinajstić information content (AvgIpc) is 3.26. The summed E-state index contributed by atoms with van der Waals surface area (Å²) in [6, 6.07) is 6.30. The summed E-state index contributed by atoms with van der Waals surface area (Å²) in [6.07, 6.45) is -2.72. The van der Waals surface area contributed by atoms with E-state index in [4.69, 9.17) is 26.1 Å². The van der Waals surface area contributed by atoms with E-state index in [1.165, 1.54) is 37.4 Å². The molecule has 0 aliphatic rings. The van der Waals surface area contributed by atoms with E-state index >= 15 is 0 Å². The van der Waals surface area contributed by atoms with Crippen LogP contribution in [0.15, 0.2) is 36.4 Å². The largest absolute Gasteiger partial charge is 0.469 e. The van der Waals surface area contributed by atoms with Gasteiger partial charge in [-0.05, 0) is 36.2 Å². The number of nitrogens with zero attached hydrogens (tertiary/aromatic N) is 2. The lowest BCUT2D eigenvalue weighted by molar-refractivity contribution is 0.0452. The van der Waals surface area contributed by atoms with Crippen LogP contribution in [0.1, 0.15) is 12.0 Å². The summed E-state index contributed by atoms with van der Waals surface area (Å²) in [5.41, 5.74) is 0.758. The summed E-state index contributed by atoms with van der Waals surface area (Å²) in [4.78, 5) is 48.1. The van der Waals surface area contributed by atoms with Crippen LogP contribution in [0.4, 0.5) is 23.5 Å². The lowest BCUT2D eigenvalue weighted by Gasteiger charge is -2.29. The molecule has 3 aromatic rings. The number of amides is 3. The minimum atomic E-state index is -4.87. The predicted molar refractivity (Wildman–Crippen MR) is 138 cm³/mol. The Kier molecular flexibility index (Phi) is 10.6. The highest BCUT2D eigenvalue weighted by Crippen LogP contribution is 2.36. The molecule has 0 fully saturated rings. The van der Waals surface area contributed by atoms with Crippen molar-refractivity contribution < 1.29 is 47.1 Å². The number of ether oxygens (including phenoxy) is 1. The lowest BCUT2D eigenvalue weighted by atomic mass is 10.1. The predicted octanol–water partition coefficient (Wildman–Crippen LogP) is 3.85. The van der Waals surface area contributed by atoms with Crippen LogP contribution >= 0.6 is 30.8 Å². The van der Waals surface area contributed by atoms with Gasteiger partial charge in [0.15, 0.2) is 5.13 Å². The first kappa shape index (κ1) is 30.6. The number of hydrogen-bond donors (Lipinski definition) is 5. The van der Waals surface area contributed by atoms with Crippen LogP contribution in [0.2, 0.25) is 5.02 Å². The monoisotopic (exact) mass is 608 g/mol. The number of benzene rings is 2. The van der Waals surface area contributed by atoms with Crippen molar-refractivity contribution in [2.75, 3.05) is 25.6 Å². The molecule has 0 unspecified atom stereocenters. The van der Waals surface area contributed by atoms with Crippen molar-refractivity contribution in [3.05, 3.63) is 58.6 Å². The van der Waals surface area contributed by atoms with E-state index in [9.17, 15) is 28.0 Å². The minimum absolute atomic E-state index is 0.130. The van der Waals surface area contributed by atoms with Gasteiger partial charge in [0.05, 0.1) is 34.0 Å². The van der Waals surface area contributed by atoms with E-state index in [-0.39, 0.29) is 23.1 Å². The third-order valence-corrected chi connectivity index (χ3v) is 7.12. The Morgan fingerprint density at radius 1 is 1.23 bits per heavy atom. The number of anilines is 1. The number of fused-ring (bicyclic) bond motifs is 1. The number of carbonyl (C=O) groups excluding carboxylic acids is 2. The Balaban J connectivity index is 1.64. The highest BCUT2D eigenvalue weighted by atomic mass is 35.5. The van der Waals surface area contributed by atoms with E-state index in [0.717, 1.165) is 22.3 Å². The molecule has 12 nitrogen and oxygen atoms in total. The van der Waals surface area contributed by atoms with Crippen LogP contribution < -0.4 is 10.6 Å². The van der Waals surface area contributed by atoms with Crippen LogP contribution in [0.3, 0.4) is 0 Å². The summed E-state index contributed by atoms with van der Waals surface area (Å²) in [7, 11) is -3.54. The van der Waals surface area contributed by atoms with Gasteiger partial charge in [-0.25, -0.2) is 27.9 Å². The van der Waals surface area contributed by atoms with E-state index in [2.05, 4.69) is 20.1 Å². The number of carbonyl (C=O) groups is 2. The van der Waals surface area contributed by atoms with Gasteiger partial charge in [-0.3, -0.25) is 9.84 Å². The number of phosphoric ester groups is 1. The van der Waals surface area contributed by atoms with Gasteiger partial charge in [0.1, 0.15) is 18.2 Å². The van der Waals surface area contributed by atoms with E-state index in [0.29, 0.717) is 15.8 Å². The zero-order valence-corrected chi connectivity index (χ0v) is 22.7. The molecule has 1 aromatic heterocycles. The third kappa shape index (κ3) is 9.35. The lowest BCUT2D eigenvalue weighted by Crippen LogP contribution is -2.47. The molecule has 3 rings (SSSR count). The number of thiazole rings is 1. The minimum Gasteiger partial charge on any atom is -0.447 e. The number of phosphoric acid groups is 1. The number of nitrogens with one attached hydrogen (secondary N) is 2. The maximum absolute atomic E-state index is 13.7. The topological polar surface area (TPSA) is 171 Å². The maximum Gasteiger partial charge on any atom is 0.469 e. The summed E-state index contributed by atoms with van der Waals surface area (Å²) in [6.45, 7) is -1.36. The molecular weight excluding hydrogens is 585 g/mol. The molecular formula is C22H24ClF2N4O8PS. The number of likely N-dealkylation sites (N-methyl/N-ethyl adjacent to an activating group) is 1. The fraction of sp³-hybridized carbons (Fsp3) is 0.318. The first-order valence-electron chi connectivity index (χ1n) is 11.1. The molecule has 0 radical (unpaired) electrons. The molecule has 212 valence electrons. The van der Waals surface area contributed by atoms with Crippen molar-refractivity contribution in [1.29, 1.82) is 0 Å². The second-order valence-electron chi connectivity index (χ2n) is 8.17. The van der Waals surface area contributed by atoms with Crippen molar-refractivity contribution >= 4 is 58.2 Å². The molecule has 2 aromatic carbocycles. The Bertz CT molecular complexity index is 1380. The smallest absolute Gasteiger partial charge is 0.447 e. The fourth-order valence-corrected chi connectivity index (χ4v) is 4.73. The van der Waals surface area contributed by atoms with Gasteiger partial charge in [-0.2, -0.15) is 0 Å². The number of urea groups is 1. The Labute approximate surface area is 229 Å². The van der Waals surface area contributed by atoms with Crippen molar-refractivity contribution in [1.82, 2.24) is 15.2 Å². The first-order chi connectivity index (χ1) is 18.3. The number of rotatable bonds is 11. The zero-order chi connectivity index (χ0) is 28.7. The van der Waals surface area contributed by atoms with Gasteiger partial charge >= 0.3 is 19.9 Å². The van der Waals surface area contributed by atoms with Crippen LogP contribution in [-0.2, 0) is 20.4 Å². The summed E-state index contributed by atoms with van der Waals surface area (Å²) in [5.74, 6) is -1.13. The molecule has 17 heteroatoms. The molecule has 39 heavy (non-hydrogen) atoms. The number of aromatic nitrogens is 1. The van der Waals surface area contributed by atoms with E-state index in [1.54, 1.807) is 0 Å². The van der Waals surface area contributed by atoms with Crippen molar-refractivity contribution in [2.45, 2.75) is 25.1 Å². The van der Waals surface area contributed by atoms with Gasteiger partial charge < -0.3 is 29.8 Å². The Morgan fingerprint density at radius 3 is 2.69 bits per heavy atom. The number of aliphatic hydroxyl groups excluding tert-OH is 1. The van der Waals surface area contributed by atoms with Crippen LogP contribution in [-0.4, -0.2) is 69.3 Å². The van der Waals surface area contributed by atoms with Crippen LogP contribution in [0.25, 0.3) is 10.2 Å². The summed E-state index contributed by atoms with van der Waals surface area (Å²) >= 11 is 6.91. The number of hydrogen-bond acceptors (Lipinski definition) is 8. The Hall–Kier alpha value is -2.91. The zero-order valence-electron chi connectivity index (χ0n) is 20.2. The third-order valence-electron chi connectivity index (χ3n) is 5.28. The van der Waals surface area contributed by atoms with Gasteiger partial charge in [0.2, 0.25) is 0 Å². The Morgan fingerprint density at radius 2 is 1.97 bits per heavy atom. The van der Waals surface area contributed by atoms with Crippen LogP contribution in [0, 0.1) is 11.6 Å². The highest BCUT2D eigenvalue weighted by Gasteiger charge is 2.27. The quantitative estimate of drug-likeness (QED) is 0.203. The number of halogens is 3. The maximum atomic E-state index is 13.7. The molecule has 0 spiro atoms. The number of aliphatic hydroxyl groups is 1. The molecule has 0 aliphatic heterocycles. The molecule has 0 saturated carbocycles. The SMILES string of the molecule is CN(C(=O)NCc1cccc(F)c1Cl)[C@H](COC(=O)Nc1nc2ccc(F)cc2s1)C[C@H](O)COP(=O)(O)O. The molecule has 5 N–H and O–H groups in total. The summed E-state index contributed by atoms with van der Waals surface area (Å²) < 4.78 is 48.0. The van der Waals surface area contributed by atoms with Gasteiger partial charge in [0.25, 0.3) is 0 Å². The fourth-order valence-electron chi connectivity index (χ4n) is 3.30. The van der Waals surface area contributed by atoms with E-state index < -0.39 is 56.9 Å². The molecule has 0 bridgehead atoms. The second-order valence-corrected chi connectivity index (χ2v) is 10.8. The van der Waals surface area contributed by atoms with Gasteiger partial charge in [-0.1, -0.05) is 35.1 Å². The second kappa shape index (κ2) is 13.4. The van der Waals surface area contributed by atoms with Gasteiger partial charge in [-0.15, -0.1) is 0 Å². The first-order valence-corrected chi connectivity index (χ1v) is 13.9. The van der Waals surface area contributed by atoms with Crippen molar-refractivity contribution in [3.63, 3.8) is 0 Å². The normalized spacial score (nSPS) is 13.1. The molecule has 0 saturated heterocycles. The van der Waals surface area contributed by atoms with Crippen molar-refractivity contribution in [3.8, 4) is 0 Å². The molecule has 3 amide bonds. The van der Waals surface area contributed by atoms with E-state index in [1.807, 2.05) is 0 Å². The highest BCUT2D eigenvalue weighted by molar-refractivity contribution is 7.46. The summed E-state index contributed by atoms with van der Waals surface area (Å²) in [5, 5.41) is 15.1.